The number of benzene rings is 1. The van der Waals surface area contributed by atoms with Crippen molar-refractivity contribution in [2.24, 2.45) is 0 Å². The summed E-state index contributed by atoms with van der Waals surface area (Å²) in [7, 11) is 1.49. The number of anilines is 1. The van der Waals surface area contributed by atoms with E-state index >= 15 is 0 Å². The molecule has 2 aliphatic rings. The van der Waals surface area contributed by atoms with Crippen molar-refractivity contribution in [2.75, 3.05) is 25.2 Å². The Morgan fingerprint density at radius 3 is 2.59 bits per heavy atom. The summed E-state index contributed by atoms with van der Waals surface area (Å²) in [5, 5.41) is 19.3. The van der Waals surface area contributed by atoms with Gasteiger partial charge in [0.2, 0.25) is 0 Å². The van der Waals surface area contributed by atoms with Gasteiger partial charge in [-0.3, -0.25) is 9.59 Å². The second-order valence-corrected chi connectivity index (χ2v) is 8.90. The van der Waals surface area contributed by atoms with Crippen LogP contribution in [0.25, 0.3) is 16.5 Å². The van der Waals surface area contributed by atoms with Crippen LogP contribution in [0.2, 0.25) is 0 Å². The van der Waals surface area contributed by atoms with Gasteiger partial charge in [-0.25, -0.2) is 9.99 Å². The zero-order valence-electron chi connectivity index (χ0n) is 20.8. The highest BCUT2D eigenvalue weighted by Crippen LogP contribution is 2.35. The summed E-state index contributed by atoms with van der Waals surface area (Å²) in [6.07, 6.45) is 6.93. The van der Waals surface area contributed by atoms with E-state index in [-0.39, 0.29) is 11.5 Å². The van der Waals surface area contributed by atoms with Gasteiger partial charge < -0.3 is 29.6 Å². The van der Waals surface area contributed by atoms with E-state index in [0.717, 1.165) is 16.7 Å². The molecule has 39 heavy (non-hydrogen) atoms. The predicted molar refractivity (Wildman–Crippen MR) is 139 cm³/mol. The number of ketones is 1. The number of carbonyl (C=O) groups is 2. The Bertz CT molecular complexity index is 1610. The molecule has 1 aromatic carbocycles. The summed E-state index contributed by atoms with van der Waals surface area (Å²) in [5.41, 5.74) is 9.08. The molecule has 0 radical (unpaired) electrons. The van der Waals surface area contributed by atoms with Crippen LogP contribution in [0.3, 0.4) is 0 Å². The first-order valence-corrected chi connectivity index (χ1v) is 12.2. The normalized spacial score (nSPS) is 15.1. The van der Waals surface area contributed by atoms with Gasteiger partial charge in [0.05, 0.1) is 29.8 Å². The standard InChI is InChI=1S/C26H24N8O5/c1-38-18-14-28-23(34-12-9-29-32-34)21-20(18)17(13-27-21)22(35)25(36)33-10-7-16(8-11-33)19(15-5-3-2-4-6-15)24-30-31-26(37)39-24/h2-6,9,12-14,27,29,32H,7-8,10-11H2,1H3,(H,31,37). The topological polar surface area (TPSA) is 162 Å². The Balaban J connectivity index is 1.27. The number of nitrogens with one attached hydrogen (secondary N) is 3. The van der Waals surface area contributed by atoms with Gasteiger partial charge in [-0.1, -0.05) is 41.0 Å². The Morgan fingerprint density at radius 1 is 1.13 bits per heavy atom. The molecule has 13 heteroatoms. The van der Waals surface area contributed by atoms with Crippen molar-refractivity contribution in [3.63, 3.8) is 0 Å². The number of piperidine rings is 1. The van der Waals surface area contributed by atoms with E-state index in [0.29, 0.717) is 48.4 Å². The quantitative estimate of drug-likeness (QED) is 0.215. The summed E-state index contributed by atoms with van der Waals surface area (Å²) in [6.45, 7) is 0.660. The maximum Gasteiger partial charge on any atom is 0.412 e. The van der Waals surface area contributed by atoms with Gasteiger partial charge >= 0.3 is 6.08 Å². The zero-order chi connectivity index (χ0) is 26.9. The molecule has 198 valence electrons. The van der Waals surface area contributed by atoms with Gasteiger partial charge in [-0.05, 0) is 18.4 Å². The molecule has 5 heterocycles. The molecule has 4 N–H and O–H groups in total. The van der Waals surface area contributed by atoms with Gasteiger partial charge in [0, 0.05) is 37.3 Å². The third-order valence-electron chi connectivity index (χ3n) is 6.73. The number of hydrazine groups is 2. The van der Waals surface area contributed by atoms with E-state index in [1.165, 1.54) is 19.5 Å². The fraction of sp³-hybridized carbons (Fsp3) is 0.192. The summed E-state index contributed by atoms with van der Waals surface area (Å²) in [5.74, 6) is -0.157. The van der Waals surface area contributed by atoms with Gasteiger partial charge in [0.15, 0.2) is 5.82 Å². The SMILES string of the molecule is COc1cnc(N2C=CNN2)c2[nH]cc(C(=O)C(=O)N3CCC(=C(c4ccccc4)c4nnc(O)o4)CC3)c12. The number of methoxy groups -OCH3 is 1. The highest BCUT2D eigenvalue weighted by molar-refractivity contribution is 6.45. The fourth-order valence-electron chi connectivity index (χ4n) is 4.89. The van der Waals surface area contributed by atoms with Crippen molar-refractivity contribution in [2.45, 2.75) is 12.8 Å². The van der Waals surface area contributed by atoms with Crippen LogP contribution in [0, 0.1) is 0 Å². The lowest BCUT2D eigenvalue weighted by Gasteiger charge is -2.29. The number of aromatic amines is 1. The van der Waals surface area contributed by atoms with Gasteiger partial charge in [0.25, 0.3) is 17.6 Å². The van der Waals surface area contributed by atoms with Gasteiger partial charge in [-0.15, -0.1) is 10.6 Å². The van der Waals surface area contributed by atoms with Crippen LogP contribution in [0.5, 0.6) is 11.8 Å². The number of aromatic nitrogens is 4. The van der Waals surface area contributed by atoms with Crippen LogP contribution in [-0.4, -0.2) is 62.1 Å². The minimum absolute atomic E-state index is 0.206. The number of hydrogen-bond acceptors (Lipinski definition) is 11. The van der Waals surface area contributed by atoms with E-state index in [1.54, 1.807) is 22.3 Å². The molecule has 0 atom stereocenters. The molecule has 1 amide bonds. The third kappa shape index (κ3) is 4.34. The van der Waals surface area contributed by atoms with E-state index in [4.69, 9.17) is 9.15 Å². The first-order valence-electron chi connectivity index (χ1n) is 12.2. The lowest BCUT2D eigenvalue weighted by Crippen LogP contribution is -2.40. The molecule has 0 saturated carbocycles. The van der Waals surface area contributed by atoms with Crippen LogP contribution in [-0.2, 0) is 4.79 Å². The molecule has 1 fully saturated rings. The predicted octanol–water partition coefficient (Wildman–Crippen LogP) is 2.27. The molecule has 1 saturated heterocycles. The first-order chi connectivity index (χ1) is 19.0. The third-order valence-corrected chi connectivity index (χ3v) is 6.73. The number of carbonyl (C=O) groups excluding carboxylic acids is 2. The number of Topliss-reactive ketones (excluding diaryl/α,β-unsaturated/α-hetero) is 1. The van der Waals surface area contributed by atoms with Crippen molar-refractivity contribution >= 4 is 34.0 Å². The molecule has 13 nitrogen and oxygen atoms in total. The molecule has 3 aromatic heterocycles. The van der Waals surface area contributed by atoms with E-state index in [2.05, 4.69) is 31.1 Å². The minimum Gasteiger partial charge on any atom is -0.494 e. The average Bonchev–Trinajstić information content (AvgIpc) is 3.75. The second-order valence-electron chi connectivity index (χ2n) is 8.90. The number of aromatic hydroxyl groups is 1. The smallest absolute Gasteiger partial charge is 0.412 e. The number of pyridine rings is 1. The van der Waals surface area contributed by atoms with Crippen LogP contribution in [0.4, 0.5) is 5.82 Å². The number of likely N-dealkylation sites (tertiary alicyclic amines) is 1. The number of fused-ring (bicyclic) bond motifs is 1. The van der Waals surface area contributed by atoms with Crippen molar-refractivity contribution in [3.8, 4) is 11.8 Å². The molecule has 0 unspecified atom stereocenters. The van der Waals surface area contributed by atoms with E-state index < -0.39 is 17.8 Å². The number of amides is 1. The Morgan fingerprint density at radius 2 is 1.92 bits per heavy atom. The molecule has 0 spiro atoms. The maximum atomic E-state index is 13.5. The Kier molecular flexibility index (Phi) is 6.17. The van der Waals surface area contributed by atoms with Crippen LogP contribution >= 0.6 is 0 Å². The van der Waals surface area contributed by atoms with E-state index in [9.17, 15) is 14.7 Å². The number of rotatable bonds is 6. The van der Waals surface area contributed by atoms with Gasteiger partial charge in [-0.2, -0.15) is 0 Å². The molecule has 0 aliphatic carbocycles. The maximum absolute atomic E-state index is 13.5. The van der Waals surface area contributed by atoms with E-state index in [1.807, 2.05) is 30.3 Å². The number of H-pyrrole nitrogens is 1. The molecule has 2 aliphatic heterocycles. The minimum atomic E-state index is -0.641. The van der Waals surface area contributed by atoms with Crippen LogP contribution in [0.1, 0.15) is 34.7 Å². The molecular weight excluding hydrogens is 504 g/mol. The largest absolute Gasteiger partial charge is 0.494 e. The average molecular weight is 529 g/mol. The van der Waals surface area contributed by atoms with Crippen molar-refractivity contribution in [1.29, 1.82) is 0 Å². The number of hydrogen-bond donors (Lipinski definition) is 4. The molecule has 4 aromatic rings. The summed E-state index contributed by atoms with van der Waals surface area (Å²) in [4.78, 5) is 35.9. The molecular formula is C26H24N8O5. The zero-order valence-corrected chi connectivity index (χ0v) is 20.8. The number of ether oxygens (including phenoxy) is 1. The fourth-order valence-corrected chi connectivity index (χ4v) is 4.89. The second kappa shape index (κ2) is 9.95. The molecule has 6 rings (SSSR count). The highest BCUT2D eigenvalue weighted by Gasteiger charge is 2.31. The molecule has 0 bridgehead atoms. The van der Waals surface area contributed by atoms with Crippen LogP contribution < -0.4 is 20.7 Å². The lowest BCUT2D eigenvalue weighted by molar-refractivity contribution is -0.126. The Hall–Kier alpha value is -5.17. The van der Waals surface area contributed by atoms with Crippen molar-refractivity contribution in [3.05, 3.63) is 77.7 Å². The summed E-state index contributed by atoms with van der Waals surface area (Å²) in [6, 6.07) is 9.53. The van der Waals surface area contributed by atoms with Crippen molar-refractivity contribution < 1.29 is 23.8 Å². The Labute approximate surface area is 221 Å². The van der Waals surface area contributed by atoms with Gasteiger partial charge in [0.1, 0.15) is 5.75 Å². The van der Waals surface area contributed by atoms with Crippen molar-refractivity contribution in [1.82, 2.24) is 36.0 Å². The van der Waals surface area contributed by atoms with Crippen LogP contribution in [0.15, 0.2) is 65.1 Å². The highest BCUT2D eigenvalue weighted by atomic mass is 16.5. The summed E-state index contributed by atoms with van der Waals surface area (Å²) < 4.78 is 10.8. The number of nitrogens with zero attached hydrogens (tertiary/aromatic N) is 5. The monoisotopic (exact) mass is 528 g/mol. The summed E-state index contributed by atoms with van der Waals surface area (Å²) >= 11 is 0. The lowest BCUT2D eigenvalue weighted by atomic mass is 9.92. The first kappa shape index (κ1) is 24.2.